The second kappa shape index (κ2) is 5.81. The van der Waals surface area contributed by atoms with Gasteiger partial charge in [0, 0.05) is 12.8 Å². The smallest absolute Gasteiger partial charge is 0.234 e. The van der Waals surface area contributed by atoms with Gasteiger partial charge in [-0.05, 0) is 19.8 Å². The number of hydrogen-bond acceptors (Lipinski definition) is 6. The van der Waals surface area contributed by atoms with Crippen LogP contribution < -0.4 is 5.73 Å². The van der Waals surface area contributed by atoms with Crippen molar-refractivity contribution in [2.45, 2.75) is 56.1 Å². The molecule has 1 aliphatic rings. The largest absolute Gasteiger partial charge is 0.339 e. The lowest BCUT2D eigenvalue weighted by atomic mass is 9.80. The summed E-state index contributed by atoms with van der Waals surface area (Å²) in [6.07, 6.45) is 7.62. The first-order valence-electron chi connectivity index (χ1n) is 7.12. The summed E-state index contributed by atoms with van der Waals surface area (Å²) in [4.78, 5) is 4.35. The summed E-state index contributed by atoms with van der Waals surface area (Å²) in [6, 6.07) is 0. The highest BCUT2D eigenvalue weighted by molar-refractivity contribution is 7.90. The highest BCUT2D eigenvalue weighted by Crippen LogP contribution is 2.37. The Morgan fingerprint density at radius 1 is 1.30 bits per heavy atom. The molecule has 1 atom stereocenters. The lowest BCUT2D eigenvalue weighted by Crippen LogP contribution is -2.35. The van der Waals surface area contributed by atoms with Gasteiger partial charge in [0.2, 0.25) is 5.89 Å². The molecule has 0 amide bonds. The van der Waals surface area contributed by atoms with E-state index in [-0.39, 0.29) is 11.2 Å². The first-order chi connectivity index (χ1) is 9.39. The fourth-order valence-corrected chi connectivity index (χ4v) is 3.20. The SMILES string of the molecule is CC(c1noc(C2(CN)CCCCCC2)n1)S(C)(=O)=O. The van der Waals surface area contributed by atoms with Crippen molar-refractivity contribution in [3.8, 4) is 0 Å². The van der Waals surface area contributed by atoms with Crippen LogP contribution in [0.15, 0.2) is 4.52 Å². The standard InChI is InChI=1S/C13H23N3O3S/c1-10(20(2,17)18)11-15-12(19-16-11)13(9-14)7-5-3-4-6-8-13/h10H,3-9,14H2,1-2H3. The highest BCUT2D eigenvalue weighted by atomic mass is 32.2. The Balaban J connectivity index is 2.30. The molecule has 0 saturated heterocycles. The summed E-state index contributed by atoms with van der Waals surface area (Å²) in [5, 5.41) is 3.11. The Hall–Kier alpha value is -0.950. The van der Waals surface area contributed by atoms with Crippen LogP contribution in [0, 0.1) is 0 Å². The zero-order valence-corrected chi connectivity index (χ0v) is 12.9. The quantitative estimate of drug-likeness (QED) is 0.850. The van der Waals surface area contributed by atoms with Crippen molar-refractivity contribution in [1.82, 2.24) is 10.1 Å². The molecule has 0 aliphatic heterocycles. The van der Waals surface area contributed by atoms with E-state index in [2.05, 4.69) is 10.1 Å². The minimum atomic E-state index is -3.22. The molecule has 0 aromatic carbocycles. The van der Waals surface area contributed by atoms with E-state index in [1.807, 2.05) is 0 Å². The van der Waals surface area contributed by atoms with E-state index in [4.69, 9.17) is 10.3 Å². The van der Waals surface area contributed by atoms with Crippen LogP contribution in [0.2, 0.25) is 0 Å². The second-order valence-corrected chi connectivity index (χ2v) is 8.19. The van der Waals surface area contributed by atoms with Gasteiger partial charge in [0.25, 0.3) is 0 Å². The predicted molar refractivity (Wildman–Crippen MR) is 76.0 cm³/mol. The van der Waals surface area contributed by atoms with Gasteiger partial charge in [0.1, 0.15) is 5.25 Å². The van der Waals surface area contributed by atoms with E-state index in [1.165, 1.54) is 19.1 Å². The Kier molecular flexibility index (Phi) is 4.49. The van der Waals surface area contributed by atoms with Gasteiger partial charge in [-0.3, -0.25) is 0 Å². The van der Waals surface area contributed by atoms with Crippen LogP contribution >= 0.6 is 0 Å². The summed E-state index contributed by atoms with van der Waals surface area (Å²) in [7, 11) is -3.22. The Morgan fingerprint density at radius 3 is 2.40 bits per heavy atom. The molecule has 1 aliphatic carbocycles. The zero-order chi connectivity index (χ0) is 14.8. The van der Waals surface area contributed by atoms with Gasteiger partial charge in [0.05, 0.1) is 5.41 Å². The molecule has 7 heteroatoms. The normalized spacial score (nSPS) is 21.4. The van der Waals surface area contributed by atoms with Crippen molar-refractivity contribution in [3.05, 3.63) is 11.7 Å². The van der Waals surface area contributed by atoms with E-state index in [9.17, 15) is 8.42 Å². The van der Waals surface area contributed by atoms with Crippen LogP contribution in [0.25, 0.3) is 0 Å². The minimum absolute atomic E-state index is 0.236. The third-order valence-corrected chi connectivity index (χ3v) is 5.85. The van der Waals surface area contributed by atoms with E-state index in [1.54, 1.807) is 6.92 Å². The van der Waals surface area contributed by atoms with E-state index < -0.39 is 15.1 Å². The first-order valence-corrected chi connectivity index (χ1v) is 9.07. The van der Waals surface area contributed by atoms with Crippen molar-refractivity contribution in [1.29, 1.82) is 0 Å². The van der Waals surface area contributed by atoms with Gasteiger partial charge in [-0.1, -0.05) is 30.8 Å². The van der Waals surface area contributed by atoms with E-state index in [0.717, 1.165) is 25.7 Å². The van der Waals surface area contributed by atoms with Crippen LogP contribution in [0.3, 0.4) is 0 Å². The molecule has 2 rings (SSSR count). The summed E-state index contributed by atoms with van der Waals surface area (Å²) in [5.41, 5.74) is 5.69. The zero-order valence-electron chi connectivity index (χ0n) is 12.1. The molecule has 1 aromatic heterocycles. The van der Waals surface area contributed by atoms with Crippen molar-refractivity contribution < 1.29 is 12.9 Å². The second-order valence-electron chi connectivity index (χ2n) is 5.83. The molecule has 0 radical (unpaired) electrons. The van der Waals surface area contributed by atoms with Crippen molar-refractivity contribution in [2.24, 2.45) is 5.73 Å². The van der Waals surface area contributed by atoms with Gasteiger partial charge in [-0.2, -0.15) is 4.98 Å². The van der Waals surface area contributed by atoms with Crippen LogP contribution in [0.4, 0.5) is 0 Å². The van der Waals surface area contributed by atoms with Crippen molar-refractivity contribution in [2.75, 3.05) is 12.8 Å². The van der Waals surface area contributed by atoms with Crippen LogP contribution in [-0.4, -0.2) is 31.4 Å². The Morgan fingerprint density at radius 2 is 1.90 bits per heavy atom. The molecule has 1 aromatic rings. The average molecular weight is 301 g/mol. The number of rotatable bonds is 4. The Bertz CT molecular complexity index is 545. The summed E-state index contributed by atoms with van der Waals surface area (Å²) in [6.45, 7) is 2.04. The number of nitrogens with zero attached hydrogens (tertiary/aromatic N) is 2. The lowest BCUT2D eigenvalue weighted by Gasteiger charge is -2.26. The summed E-state index contributed by atoms with van der Waals surface area (Å²) in [5.74, 6) is 0.743. The van der Waals surface area contributed by atoms with Crippen LogP contribution in [-0.2, 0) is 15.3 Å². The lowest BCUT2D eigenvalue weighted by molar-refractivity contribution is 0.256. The third-order valence-electron chi connectivity index (χ3n) is 4.35. The molecule has 0 spiro atoms. The monoisotopic (exact) mass is 301 g/mol. The fraction of sp³-hybridized carbons (Fsp3) is 0.846. The fourth-order valence-electron chi connectivity index (χ4n) is 2.72. The van der Waals surface area contributed by atoms with Crippen LogP contribution in [0.5, 0.6) is 0 Å². The van der Waals surface area contributed by atoms with Gasteiger partial charge < -0.3 is 10.3 Å². The molecule has 1 saturated carbocycles. The molecule has 1 unspecified atom stereocenters. The molecule has 2 N–H and O–H groups in total. The first kappa shape index (κ1) is 15.4. The summed E-state index contributed by atoms with van der Waals surface area (Å²) < 4.78 is 28.5. The molecule has 1 fully saturated rings. The molecule has 114 valence electrons. The maximum atomic E-state index is 11.6. The maximum absolute atomic E-state index is 11.6. The molecule has 1 heterocycles. The van der Waals surface area contributed by atoms with Crippen molar-refractivity contribution in [3.63, 3.8) is 0 Å². The topological polar surface area (TPSA) is 99.1 Å². The van der Waals surface area contributed by atoms with Crippen molar-refractivity contribution >= 4 is 9.84 Å². The predicted octanol–water partition coefficient (Wildman–Crippen LogP) is 1.73. The molecule has 0 bridgehead atoms. The maximum Gasteiger partial charge on any atom is 0.234 e. The minimum Gasteiger partial charge on any atom is -0.339 e. The molecule has 6 nitrogen and oxygen atoms in total. The van der Waals surface area contributed by atoms with Gasteiger partial charge in [0.15, 0.2) is 15.7 Å². The van der Waals surface area contributed by atoms with E-state index >= 15 is 0 Å². The molecular weight excluding hydrogens is 278 g/mol. The Labute approximate surface area is 120 Å². The average Bonchev–Trinajstić information content (AvgIpc) is 2.76. The van der Waals surface area contributed by atoms with Gasteiger partial charge in [-0.15, -0.1) is 0 Å². The molecule has 20 heavy (non-hydrogen) atoms. The van der Waals surface area contributed by atoms with E-state index in [0.29, 0.717) is 12.4 Å². The highest BCUT2D eigenvalue weighted by Gasteiger charge is 2.38. The number of sulfone groups is 1. The molecular formula is C13H23N3O3S. The number of hydrogen-bond donors (Lipinski definition) is 1. The van der Waals surface area contributed by atoms with Gasteiger partial charge >= 0.3 is 0 Å². The van der Waals surface area contributed by atoms with Gasteiger partial charge in [-0.25, -0.2) is 8.42 Å². The third kappa shape index (κ3) is 3.03. The number of aromatic nitrogens is 2. The number of nitrogens with two attached hydrogens (primary N) is 1. The summed E-state index contributed by atoms with van der Waals surface area (Å²) >= 11 is 0. The van der Waals surface area contributed by atoms with Crippen LogP contribution in [0.1, 0.15) is 62.4 Å².